The largest absolute Gasteiger partial charge is 0.480 e. The quantitative estimate of drug-likeness (QED) is 0.770. The van der Waals surface area contributed by atoms with Gasteiger partial charge < -0.3 is 20.2 Å². The number of carboxylic acid groups (broad SMARTS) is 1. The third-order valence-corrected chi connectivity index (χ3v) is 4.51. The van der Waals surface area contributed by atoms with Gasteiger partial charge in [0.05, 0.1) is 5.92 Å². The van der Waals surface area contributed by atoms with Gasteiger partial charge in [0.2, 0.25) is 5.91 Å². The number of aliphatic carboxylic acids is 1. The molecule has 7 heteroatoms. The van der Waals surface area contributed by atoms with Crippen molar-refractivity contribution in [3.05, 3.63) is 0 Å². The fourth-order valence-corrected chi connectivity index (χ4v) is 3.29. The van der Waals surface area contributed by atoms with E-state index in [1.54, 1.807) is 11.9 Å². The maximum absolute atomic E-state index is 12.6. The number of urea groups is 1. The first-order valence-corrected chi connectivity index (χ1v) is 7.45. The Labute approximate surface area is 124 Å². The molecule has 0 radical (unpaired) electrons. The number of carbonyl (C=O) groups excluding carboxylic acids is 2. The molecule has 2 rings (SSSR count). The van der Waals surface area contributed by atoms with Crippen molar-refractivity contribution in [3.63, 3.8) is 0 Å². The van der Waals surface area contributed by atoms with Gasteiger partial charge in [-0.15, -0.1) is 0 Å². The summed E-state index contributed by atoms with van der Waals surface area (Å²) in [4.78, 5) is 38.7. The molecule has 3 atom stereocenters. The summed E-state index contributed by atoms with van der Waals surface area (Å²) in [5.74, 6) is -1.24. The number of likely N-dealkylation sites (tertiary alicyclic amines) is 2. The molecule has 0 bridgehead atoms. The number of nitrogens with one attached hydrogen (secondary N) is 1. The van der Waals surface area contributed by atoms with Crippen molar-refractivity contribution in [3.8, 4) is 0 Å². The molecule has 3 unspecified atom stereocenters. The van der Waals surface area contributed by atoms with Crippen LogP contribution in [0.1, 0.15) is 26.2 Å². The maximum Gasteiger partial charge on any atom is 0.326 e. The molecule has 2 N–H and O–H groups in total. The van der Waals surface area contributed by atoms with E-state index in [-0.39, 0.29) is 23.8 Å². The summed E-state index contributed by atoms with van der Waals surface area (Å²) in [6.07, 6.45) is 2.24. The first kappa shape index (κ1) is 15.6. The Morgan fingerprint density at radius 3 is 2.52 bits per heavy atom. The summed E-state index contributed by atoms with van der Waals surface area (Å²) in [6.45, 7) is 3.28. The molecule has 7 nitrogen and oxygen atoms in total. The van der Waals surface area contributed by atoms with Crippen LogP contribution in [0.3, 0.4) is 0 Å². The predicted molar refractivity (Wildman–Crippen MR) is 75.7 cm³/mol. The zero-order valence-electron chi connectivity index (χ0n) is 12.5. The Morgan fingerprint density at radius 1 is 1.19 bits per heavy atom. The normalized spacial score (nSPS) is 29.3. The Kier molecular flexibility index (Phi) is 4.69. The highest BCUT2D eigenvalue weighted by molar-refractivity contribution is 5.84. The Balaban J connectivity index is 2.05. The molecule has 2 saturated heterocycles. The van der Waals surface area contributed by atoms with Crippen LogP contribution in [0.5, 0.6) is 0 Å². The van der Waals surface area contributed by atoms with E-state index in [1.165, 1.54) is 4.90 Å². The van der Waals surface area contributed by atoms with E-state index < -0.39 is 12.0 Å². The van der Waals surface area contributed by atoms with Gasteiger partial charge in [-0.25, -0.2) is 9.59 Å². The minimum atomic E-state index is -0.951. The second-order valence-corrected chi connectivity index (χ2v) is 5.92. The van der Waals surface area contributed by atoms with Gasteiger partial charge in [0.25, 0.3) is 0 Å². The highest BCUT2D eigenvalue weighted by Crippen LogP contribution is 2.27. The van der Waals surface area contributed by atoms with Crippen LogP contribution >= 0.6 is 0 Å². The van der Waals surface area contributed by atoms with Gasteiger partial charge in [-0.2, -0.15) is 0 Å². The highest BCUT2D eigenvalue weighted by Gasteiger charge is 2.42. The lowest BCUT2D eigenvalue weighted by Crippen LogP contribution is -2.53. The monoisotopic (exact) mass is 297 g/mol. The third kappa shape index (κ3) is 3.11. The number of nitrogens with zero attached hydrogens (tertiary/aromatic N) is 2. The summed E-state index contributed by atoms with van der Waals surface area (Å²) in [7, 11) is 1.59. The number of piperidine rings is 1. The van der Waals surface area contributed by atoms with E-state index in [9.17, 15) is 19.5 Å². The van der Waals surface area contributed by atoms with Crippen molar-refractivity contribution >= 4 is 17.9 Å². The van der Waals surface area contributed by atoms with Gasteiger partial charge in [0.15, 0.2) is 0 Å². The molecule has 3 amide bonds. The number of rotatable bonds is 2. The van der Waals surface area contributed by atoms with Crippen LogP contribution in [0, 0.1) is 11.8 Å². The summed E-state index contributed by atoms with van der Waals surface area (Å²) < 4.78 is 0. The van der Waals surface area contributed by atoms with E-state index in [0.717, 1.165) is 12.8 Å². The molecule has 0 aromatic carbocycles. The van der Waals surface area contributed by atoms with Crippen molar-refractivity contribution in [2.24, 2.45) is 11.8 Å². The topological polar surface area (TPSA) is 90.0 Å². The van der Waals surface area contributed by atoms with Crippen molar-refractivity contribution in [1.82, 2.24) is 15.1 Å². The first-order valence-electron chi connectivity index (χ1n) is 7.45. The van der Waals surface area contributed by atoms with Gasteiger partial charge >= 0.3 is 12.0 Å². The van der Waals surface area contributed by atoms with Gasteiger partial charge in [0, 0.05) is 26.7 Å². The van der Waals surface area contributed by atoms with Gasteiger partial charge in [0.1, 0.15) is 6.04 Å². The van der Waals surface area contributed by atoms with E-state index in [4.69, 9.17) is 0 Å². The summed E-state index contributed by atoms with van der Waals surface area (Å²) in [5.41, 5.74) is 0. The fourth-order valence-electron chi connectivity index (χ4n) is 3.29. The first-order chi connectivity index (χ1) is 9.95. The van der Waals surface area contributed by atoms with Gasteiger partial charge in [-0.05, 0) is 25.2 Å². The zero-order valence-corrected chi connectivity index (χ0v) is 12.5. The molecule has 2 aliphatic rings. The van der Waals surface area contributed by atoms with Crippen LogP contribution in [0.25, 0.3) is 0 Å². The van der Waals surface area contributed by atoms with Gasteiger partial charge in [-0.1, -0.05) is 6.92 Å². The Hall–Kier alpha value is -1.79. The lowest BCUT2D eigenvalue weighted by Gasteiger charge is -2.36. The molecule has 0 spiro atoms. The summed E-state index contributed by atoms with van der Waals surface area (Å²) in [5, 5.41) is 11.9. The fraction of sp³-hybridized carbons (Fsp3) is 0.786. The van der Waals surface area contributed by atoms with E-state index in [0.29, 0.717) is 26.1 Å². The van der Waals surface area contributed by atoms with Crippen LogP contribution in [-0.2, 0) is 9.59 Å². The Bertz CT molecular complexity index is 440. The average molecular weight is 297 g/mol. The number of carbonyl (C=O) groups is 3. The lowest BCUT2D eigenvalue weighted by atomic mass is 9.97. The van der Waals surface area contributed by atoms with Crippen molar-refractivity contribution in [1.29, 1.82) is 0 Å². The molecule has 2 heterocycles. The molecule has 118 valence electrons. The maximum atomic E-state index is 12.6. The van der Waals surface area contributed by atoms with Crippen LogP contribution in [-0.4, -0.2) is 65.5 Å². The SMILES string of the molecule is CNC(=O)C1CCCN(C(=O)N2CCC(C)C2C(=O)O)C1. The highest BCUT2D eigenvalue weighted by atomic mass is 16.4. The van der Waals surface area contributed by atoms with Crippen LogP contribution in [0.2, 0.25) is 0 Å². The molecular formula is C14H23N3O4. The molecule has 21 heavy (non-hydrogen) atoms. The van der Waals surface area contributed by atoms with Crippen molar-refractivity contribution < 1.29 is 19.5 Å². The predicted octanol–water partition coefficient (Wildman–Crippen LogP) is 0.359. The van der Waals surface area contributed by atoms with Crippen LogP contribution in [0.15, 0.2) is 0 Å². The van der Waals surface area contributed by atoms with E-state index in [1.807, 2.05) is 6.92 Å². The molecule has 0 aromatic rings. The standard InChI is InChI=1S/C14H23N3O4/c1-9-5-7-17(11(9)13(19)20)14(21)16-6-3-4-10(8-16)12(18)15-2/h9-11H,3-8H2,1-2H3,(H,15,18)(H,19,20). The molecule has 2 aliphatic heterocycles. The molecular weight excluding hydrogens is 274 g/mol. The Morgan fingerprint density at radius 2 is 1.90 bits per heavy atom. The smallest absolute Gasteiger partial charge is 0.326 e. The zero-order chi connectivity index (χ0) is 15.6. The lowest BCUT2D eigenvalue weighted by molar-refractivity contribution is -0.142. The summed E-state index contributed by atoms with van der Waals surface area (Å²) in [6, 6.07) is -1.00. The number of hydrogen-bond donors (Lipinski definition) is 2. The van der Waals surface area contributed by atoms with Gasteiger partial charge in [-0.3, -0.25) is 4.79 Å². The second-order valence-electron chi connectivity index (χ2n) is 5.92. The summed E-state index contributed by atoms with van der Waals surface area (Å²) >= 11 is 0. The number of hydrogen-bond acceptors (Lipinski definition) is 3. The third-order valence-electron chi connectivity index (χ3n) is 4.51. The van der Waals surface area contributed by atoms with Crippen molar-refractivity contribution in [2.45, 2.75) is 32.2 Å². The van der Waals surface area contributed by atoms with Crippen LogP contribution in [0.4, 0.5) is 4.79 Å². The average Bonchev–Trinajstić information content (AvgIpc) is 2.87. The molecule has 0 aliphatic carbocycles. The number of carboxylic acids is 1. The van der Waals surface area contributed by atoms with E-state index >= 15 is 0 Å². The molecule has 2 fully saturated rings. The van der Waals surface area contributed by atoms with Crippen LogP contribution < -0.4 is 5.32 Å². The molecule has 0 saturated carbocycles. The minimum absolute atomic E-state index is 0.0361. The number of amides is 3. The van der Waals surface area contributed by atoms with Crippen molar-refractivity contribution in [2.75, 3.05) is 26.7 Å². The second kappa shape index (κ2) is 6.32. The van der Waals surface area contributed by atoms with E-state index in [2.05, 4.69) is 5.32 Å². The molecule has 0 aromatic heterocycles. The minimum Gasteiger partial charge on any atom is -0.480 e.